The highest BCUT2D eigenvalue weighted by Gasteiger charge is 2.44. The number of fused-ring (bicyclic) bond motifs is 1. The fourth-order valence-corrected chi connectivity index (χ4v) is 4.32. The van der Waals surface area contributed by atoms with Crippen molar-refractivity contribution in [1.29, 1.82) is 16.1 Å². The number of thiazole rings is 1. The van der Waals surface area contributed by atoms with Gasteiger partial charge >= 0.3 is 0 Å². The molecule has 35 heavy (non-hydrogen) atoms. The monoisotopic (exact) mass is 493 g/mol. The summed E-state index contributed by atoms with van der Waals surface area (Å²) < 4.78 is 20.6. The molecule has 2 aromatic heterocycles. The summed E-state index contributed by atoms with van der Waals surface area (Å²) in [5, 5.41) is 30.3. The van der Waals surface area contributed by atoms with E-state index in [2.05, 4.69) is 20.6 Å². The van der Waals surface area contributed by atoms with Gasteiger partial charge in [-0.15, -0.1) is 11.3 Å². The lowest BCUT2D eigenvalue weighted by Crippen LogP contribution is -2.37. The third-order valence-electron chi connectivity index (χ3n) is 5.14. The first-order valence-corrected chi connectivity index (χ1v) is 11.4. The highest BCUT2D eigenvalue weighted by molar-refractivity contribution is 7.18. The second-order valence-electron chi connectivity index (χ2n) is 8.04. The maximum Gasteiger partial charge on any atom is 0.230 e. The molecule has 3 aromatic rings. The maximum atomic E-state index is 15.2. The van der Waals surface area contributed by atoms with E-state index in [4.69, 9.17) is 20.8 Å². The van der Waals surface area contributed by atoms with E-state index in [-0.39, 0.29) is 18.2 Å². The third kappa shape index (κ3) is 5.64. The van der Waals surface area contributed by atoms with Crippen molar-refractivity contribution in [2.45, 2.75) is 38.1 Å². The lowest BCUT2D eigenvalue weighted by molar-refractivity contribution is -0.120. The van der Waals surface area contributed by atoms with Crippen molar-refractivity contribution in [1.82, 2.24) is 15.3 Å². The first-order chi connectivity index (χ1) is 16.7. The van der Waals surface area contributed by atoms with Crippen LogP contribution in [0.4, 0.5) is 10.2 Å². The lowest BCUT2D eigenvalue weighted by Gasteiger charge is -2.10. The molecule has 0 radical (unpaired) electrons. The van der Waals surface area contributed by atoms with Crippen LogP contribution < -0.4 is 10.6 Å². The van der Waals surface area contributed by atoms with Gasteiger partial charge in [0.1, 0.15) is 22.8 Å². The van der Waals surface area contributed by atoms with Crippen LogP contribution in [-0.2, 0) is 20.7 Å². The van der Waals surface area contributed by atoms with Gasteiger partial charge in [-0.2, -0.15) is 5.26 Å². The number of hydrogen-bond donors (Lipinski definition) is 4. The molecule has 1 fully saturated rings. The summed E-state index contributed by atoms with van der Waals surface area (Å²) in [4.78, 5) is 31.5. The first kappa shape index (κ1) is 23.9. The molecule has 1 aromatic carbocycles. The first-order valence-electron chi connectivity index (χ1n) is 10.5. The molecular weight excluding hydrogens is 473 g/mol. The number of carbonyl (C=O) groups is 2. The number of carbonyl (C=O) groups excluding carboxylic acids is 2. The summed E-state index contributed by atoms with van der Waals surface area (Å²) in [7, 11) is 0. The molecule has 12 heteroatoms. The van der Waals surface area contributed by atoms with E-state index in [0.29, 0.717) is 45.0 Å². The van der Waals surface area contributed by atoms with Gasteiger partial charge in [-0.3, -0.25) is 20.4 Å². The molecule has 10 nitrogen and oxygen atoms in total. The van der Waals surface area contributed by atoms with Crippen molar-refractivity contribution < 1.29 is 18.7 Å². The fourth-order valence-electron chi connectivity index (χ4n) is 3.32. The normalized spacial score (nSPS) is 13.5. The number of benzene rings is 1. The van der Waals surface area contributed by atoms with Crippen LogP contribution >= 0.6 is 11.3 Å². The topological polar surface area (TPSA) is 165 Å². The molecule has 0 bridgehead atoms. The van der Waals surface area contributed by atoms with Gasteiger partial charge < -0.3 is 15.4 Å². The Kier molecular flexibility index (Phi) is 6.52. The standard InChI is InChI=1S/C23H20FN7O3S/c1-12(32)29-18-5-2-13(10-28-18)14-3-4-15-22(21(14)24)35-20(30-15)9-17(27)34-16(26)8-19(33)31-23(11-25)6-7-23/h2-5,10,26-27H,6-9H2,1H3,(H,31,33)(H,28,29,32). The minimum atomic E-state index is -0.835. The average Bonchev–Trinajstić information content (AvgIpc) is 3.43. The van der Waals surface area contributed by atoms with Crippen LogP contribution in [0.15, 0.2) is 30.5 Å². The number of nitrogens with zero attached hydrogens (tertiary/aromatic N) is 3. The number of anilines is 1. The van der Waals surface area contributed by atoms with Crippen molar-refractivity contribution in [2.75, 3.05) is 5.32 Å². The van der Waals surface area contributed by atoms with Crippen LogP contribution in [0.1, 0.15) is 31.2 Å². The summed E-state index contributed by atoms with van der Waals surface area (Å²) in [5.74, 6) is -1.62. The third-order valence-corrected chi connectivity index (χ3v) is 6.21. The molecule has 0 atom stereocenters. The highest BCUT2D eigenvalue weighted by Crippen LogP contribution is 2.34. The quantitative estimate of drug-likeness (QED) is 0.290. The highest BCUT2D eigenvalue weighted by atomic mass is 32.1. The van der Waals surface area contributed by atoms with E-state index in [0.717, 1.165) is 11.3 Å². The molecule has 0 unspecified atom stereocenters. The Morgan fingerprint density at radius 3 is 2.66 bits per heavy atom. The molecule has 178 valence electrons. The van der Waals surface area contributed by atoms with E-state index in [1.807, 2.05) is 6.07 Å². The summed E-state index contributed by atoms with van der Waals surface area (Å²) in [6.45, 7) is 1.37. The van der Waals surface area contributed by atoms with E-state index in [1.165, 1.54) is 13.1 Å². The van der Waals surface area contributed by atoms with E-state index in [1.54, 1.807) is 24.3 Å². The van der Waals surface area contributed by atoms with Crippen LogP contribution in [0.25, 0.3) is 21.3 Å². The minimum absolute atomic E-state index is 0.0762. The van der Waals surface area contributed by atoms with Crippen molar-refractivity contribution >= 4 is 51.0 Å². The minimum Gasteiger partial charge on any atom is -0.429 e. The van der Waals surface area contributed by atoms with Crippen LogP contribution in [0.5, 0.6) is 0 Å². The zero-order chi connectivity index (χ0) is 25.2. The van der Waals surface area contributed by atoms with Gasteiger partial charge in [-0.1, -0.05) is 0 Å². The van der Waals surface area contributed by atoms with Crippen molar-refractivity contribution in [3.63, 3.8) is 0 Å². The van der Waals surface area contributed by atoms with Gasteiger partial charge in [0, 0.05) is 24.2 Å². The molecule has 2 amide bonds. The Balaban J connectivity index is 1.40. The molecule has 0 saturated heterocycles. The number of nitrogens with one attached hydrogen (secondary N) is 4. The van der Waals surface area contributed by atoms with Gasteiger partial charge in [-0.05, 0) is 37.1 Å². The van der Waals surface area contributed by atoms with Gasteiger partial charge in [0.25, 0.3) is 0 Å². The number of ether oxygens (including phenoxy) is 1. The summed E-state index contributed by atoms with van der Waals surface area (Å²) in [6, 6.07) is 8.51. The SMILES string of the molecule is CC(=O)Nc1ccc(-c2ccc3nc(CC(=N)OC(=N)CC(=O)NC4(C#N)CC4)sc3c2F)cn1. The molecule has 1 aliphatic rings. The predicted molar refractivity (Wildman–Crippen MR) is 128 cm³/mol. The van der Waals surface area contributed by atoms with E-state index >= 15 is 4.39 Å². The number of pyridine rings is 1. The lowest BCUT2D eigenvalue weighted by atomic mass is 10.1. The molecule has 0 aliphatic heterocycles. The molecule has 1 saturated carbocycles. The zero-order valence-electron chi connectivity index (χ0n) is 18.6. The van der Waals surface area contributed by atoms with Crippen LogP contribution in [-0.4, -0.2) is 39.1 Å². The number of rotatable bonds is 7. The number of aromatic nitrogens is 2. The molecule has 2 heterocycles. The van der Waals surface area contributed by atoms with Crippen LogP contribution in [0.3, 0.4) is 0 Å². The van der Waals surface area contributed by atoms with E-state index < -0.39 is 29.6 Å². The fraction of sp³-hybridized carbons (Fsp3) is 0.261. The largest absolute Gasteiger partial charge is 0.429 e. The smallest absolute Gasteiger partial charge is 0.230 e. The molecule has 4 rings (SSSR count). The van der Waals surface area contributed by atoms with Crippen LogP contribution in [0, 0.1) is 28.0 Å². The second-order valence-corrected chi connectivity index (χ2v) is 9.12. The summed E-state index contributed by atoms with van der Waals surface area (Å²) >= 11 is 1.06. The Hall–Kier alpha value is -4.24. The van der Waals surface area contributed by atoms with E-state index in [9.17, 15) is 9.59 Å². The van der Waals surface area contributed by atoms with Gasteiger partial charge in [-0.25, -0.2) is 14.4 Å². The van der Waals surface area contributed by atoms with Crippen molar-refractivity contribution in [3.05, 3.63) is 41.3 Å². The molecule has 4 N–H and O–H groups in total. The average molecular weight is 494 g/mol. The number of hydrogen-bond acceptors (Lipinski definition) is 9. The number of nitriles is 1. The Labute approximate surface area is 203 Å². The Bertz CT molecular complexity index is 1390. The number of amides is 2. The second kappa shape index (κ2) is 9.55. The summed E-state index contributed by atoms with van der Waals surface area (Å²) in [6.07, 6.45) is 2.15. The summed E-state index contributed by atoms with van der Waals surface area (Å²) in [5.41, 5.74) is 0.431. The Morgan fingerprint density at radius 1 is 1.26 bits per heavy atom. The molecular formula is C23H20FN7O3S. The predicted octanol–water partition coefficient (Wildman–Crippen LogP) is 3.53. The van der Waals surface area contributed by atoms with Gasteiger partial charge in [0.15, 0.2) is 17.6 Å². The van der Waals surface area contributed by atoms with Gasteiger partial charge in [0.2, 0.25) is 11.8 Å². The molecule has 1 aliphatic carbocycles. The zero-order valence-corrected chi connectivity index (χ0v) is 19.4. The maximum absolute atomic E-state index is 15.2. The van der Waals surface area contributed by atoms with Crippen LogP contribution in [0.2, 0.25) is 0 Å². The van der Waals surface area contributed by atoms with Crippen molar-refractivity contribution in [2.24, 2.45) is 0 Å². The molecule has 0 spiro atoms. The van der Waals surface area contributed by atoms with Gasteiger partial charge in [0.05, 0.1) is 22.7 Å². The van der Waals surface area contributed by atoms with Crippen molar-refractivity contribution in [3.8, 4) is 17.2 Å². The Morgan fingerprint density at radius 2 is 2.03 bits per heavy atom. The number of halogens is 1.